The number of carbonyl (C=O) groups excluding carboxylic acids is 1. The number of nitrogens with one attached hydrogen (secondary N) is 1. The Kier molecular flexibility index (Phi) is 4.79. The van der Waals surface area contributed by atoms with Crippen molar-refractivity contribution in [3.8, 4) is 11.5 Å². The molecule has 4 rings (SSSR count). The SMILES string of the molecule is NC(=O)c1cn[nH]c1C1CCCCN1CCc1ccc2c(c1)OCCO2. The highest BCUT2D eigenvalue weighted by Gasteiger charge is 2.28. The van der Waals surface area contributed by atoms with E-state index in [4.69, 9.17) is 15.2 Å². The molecule has 1 fully saturated rings. The Balaban J connectivity index is 1.47. The van der Waals surface area contributed by atoms with Crippen LogP contribution < -0.4 is 15.2 Å². The summed E-state index contributed by atoms with van der Waals surface area (Å²) in [6.07, 6.45) is 5.75. The molecule has 1 aromatic carbocycles. The third-order valence-corrected chi connectivity index (χ3v) is 5.18. The maximum absolute atomic E-state index is 11.7. The molecular formula is C19H24N4O3. The summed E-state index contributed by atoms with van der Waals surface area (Å²) >= 11 is 0. The normalized spacial score (nSPS) is 20.1. The highest BCUT2D eigenvalue weighted by molar-refractivity contribution is 5.93. The van der Waals surface area contributed by atoms with E-state index in [-0.39, 0.29) is 6.04 Å². The van der Waals surface area contributed by atoms with Crippen LogP contribution in [0.1, 0.15) is 46.9 Å². The van der Waals surface area contributed by atoms with Crippen molar-refractivity contribution in [2.75, 3.05) is 26.3 Å². The molecule has 7 nitrogen and oxygen atoms in total. The van der Waals surface area contributed by atoms with E-state index < -0.39 is 5.91 Å². The number of nitrogens with two attached hydrogens (primary N) is 1. The Bertz CT molecular complexity index is 789. The van der Waals surface area contributed by atoms with Crippen molar-refractivity contribution in [3.63, 3.8) is 0 Å². The number of likely N-dealkylation sites (tertiary alicyclic amines) is 1. The smallest absolute Gasteiger partial charge is 0.252 e. The fourth-order valence-electron chi connectivity index (χ4n) is 3.85. The van der Waals surface area contributed by atoms with Crippen LogP contribution in [0, 0.1) is 0 Å². The standard InChI is InChI=1S/C19H24N4O3/c20-19(24)14-12-21-22-18(14)15-3-1-2-7-23(15)8-6-13-4-5-16-17(11-13)26-10-9-25-16/h4-5,11-12,15H,1-3,6-10H2,(H2,20,24)(H,21,22). The summed E-state index contributed by atoms with van der Waals surface area (Å²) in [4.78, 5) is 14.1. The third-order valence-electron chi connectivity index (χ3n) is 5.18. The molecule has 138 valence electrons. The zero-order valence-corrected chi connectivity index (χ0v) is 14.7. The van der Waals surface area contributed by atoms with Gasteiger partial charge in [0.1, 0.15) is 13.2 Å². The molecule has 2 aliphatic rings. The molecule has 0 saturated carbocycles. The molecule has 1 unspecified atom stereocenters. The van der Waals surface area contributed by atoms with Gasteiger partial charge in [-0.1, -0.05) is 12.5 Å². The highest BCUT2D eigenvalue weighted by Crippen LogP contribution is 2.33. The average Bonchev–Trinajstić information content (AvgIpc) is 3.16. The van der Waals surface area contributed by atoms with Crippen molar-refractivity contribution in [2.45, 2.75) is 31.7 Å². The monoisotopic (exact) mass is 356 g/mol. The van der Waals surface area contributed by atoms with E-state index in [2.05, 4.69) is 27.2 Å². The zero-order chi connectivity index (χ0) is 17.9. The van der Waals surface area contributed by atoms with Crippen LogP contribution in [0.15, 0.2) is 24.4 Å². The second-order valence-electron chi connectivity index (χ2n) is 6.84. The van der Waals surface area contributed by atoms with Gasteiger partial charge in [-0.15, -0.1) is 0 Å². The first-order valence-electron chi connectivity index (χ1n) is 9.18. The Morgan fingerprint density at radius 1 is 1.27 bits per heavy atom. The molecule has 2 aliphatic heterocycles. The fourth-order valence-corrected chi connectivity index (χ4v) is 3.85. The van der Waals surface area contributed by atoms with Crippen LogP contribution in [0.2, 0.25) is 0 Å². The summed E-state index contributed by atoms with van der Waals surface area (Å²) in [5.41, 5.74) is 8.07. The van der Waals surface area contributed by atoms with Crippen LogP contribution in [0.4, 0.5) is 0 Å². The van der Waals surface area contributed by atoms with Crippen molar-refractivity contribution in [1.29, 1.82) is 0 Å². The highest BCUT2D eigenvalue weighted by atomic mass is 16.6. The van der Waals surface area contributed by atoms with Gasteiger partial charge in [0, 0.05) is 6.54 Å². The fraction of sp³-hybridized carbons (Fsp3) is 0.474. The Morgan fingerprint density at radius 2 is 2.12 bits per heavy atom. The molecule has 26 heavy (non-hydrogen) atoms. The van der Waals surface area contributed by atoms with E-state index in [1.165, 1.54) is 11.8 Å². The molecule has 0 aliphatic carbocycles. The summed E-state index contributed by atoms with van der Waals surface area (Å²) in [6.45, 7) is 3.11. The van der Waals surface area contributed by atoms with Crippen molar-refractivity contribution in [3.05, 3.63) is 41.2 Å². The second kappa shape index (κ2) is 7.37. The van der Waals surface area contributed by atoms with E-state index in [1.54, 1.807) is 0 Å². The quantitative estimate of drug-likeness (QED) is 0.855. The molecule has 1 amide bonds. The molecule has 1 atom stereocenters. The van der Waals surface area contributed by atoms with Gasteiger partial charge in [0.25, 0.3) is 5.91 Å². The summed E-state index contributed by atoms with van der Waals surface area (Å²) in [7, 11) is 0. The van der Waals surface area contributed by atoms with Crippen LogP contribution in [0.3, 0.4) is 0 Å². The molecule has 0 radical (unpaired) electrons. The first-order valence-corrected chi connectivity index (χ1v) is 9.18. The third kappa shape index (κ3) is 3.39. The van der Waals surface area contributed by atoms with Crippen molar-refractivity contribution >= 4 is 5.91 Å². The maximum Gasteiger partial charge on any atom is 0.252 e. The van der Waals surface area contributed by atoms with Crippen molar-refractivity contribution in [2.24, 2.45) is 5.73 Å². The number of H-pyrrole nitrogens is 1. The Hall–Kier alpha value is -2.54. The predicted molar refractivity (Wildman–Crippen MR) is 96.4 cm³/mol. The van der Waals surface area contributed by atoms with Crippen LogP contribution in [0.5, 0.6) is 11.5 Å². The number of carbonyl (C=O) groups is 1. The number of aromatic nitrogens is 2. The number of nitrogens with zero attached hydrogens (tertiary/aromatic N) is 2. The Morgan fingerprint density at radius 3 is 2.96 bits per heavy atom. The van der Waals surface area contributed by atoms with E-state index in [0.29, 0.717) is 18.8 Å². The van der Waals surface area contributed by atoms with Gasteiger partial charge in [-0.05, 0) is 43.5 Å². The minimum atomic E-state index is -0.425. The number of benzene rings is 1. The van der Waals surface area contributed by atoms with E-state index in [9.17, 15) is 4.79 Å². The van der Waals surface area contributed by atoms with E-state index in [1.807, 2.05) is 6.07 Å². The molecule has 0 bridgehead atoms. The van der Waals surface area contributed by atoms with E-state index in [0.717, 1.165) is 56.0 Å². The van der Waals surface area contributed by atoms with Gasteiger partial charge in [-0.2, -0.15) is 5.10 Å². The molecule has 0 spiro atoms. The van der Waals surface area contributed by atoms with Crippen molar-refractivity contribution < 1.29 is 14.3 Å². The minimum absolute atomic E-state index is 0.158. The van der Waals surface area contributed by atoms with Gasteiger partial charge in [0.15, 0.2) is 11.5 Å². The predicted octanol–water partition coefficient (Wildman–Crippen LogP) is 2.05. The van der Waals surface area contributed by atoms with Crippen LogP contribution in [-0.2, 0) is 6.42 Å². The van der Waals surface area contributed by atoms with Crippen molar-refractivity contribution in [1.82, 2.24) is 15.1 Å². The van der Waals surface area contributed by atoms with E-state index >= 15 is 0 Å². The lowest BCUT2D eigenvalue weighted by Crippen LogP contribution is -2.36. The number of primary amides is 1. The first kappa shape index (κ1) is 16.9. The van der Waals surface area contributed by atoms with Gasteiger partial charge >= 0.3 is 0 Å². The number of fused-ring (bicyclic) bond motifs is 1. The number of piperidine rings is 1. The van der Waals surface area contributed by atoms with Gasteiger partial charge < -0.3 is 15.2 Å². The number of amides is 1. The lowest BCUT2D eigenvalue weighted by molar-refractivity contribution is 0.0991. The minimum Gasteiger partial charge on any atom is -0.486 e. The lowest BCUT2D eigenvalue weighted by Gasteiger charge is -2.35. The number of hydrogen-bond acceptors (Lipinski definition) is 5. The number of rotatable bonds is 5. The molecule has 1 aromatic heterocycles. The molecule has 7 heteroatoms. The lowest BCUT2D eigenvalue weighted by atomic mass is 9.96. The summed E-state index contributed by atoms with van der Waals surface area (Å²) < 4.78 is 11.3. The summed E-state index contributed by atoms with van der Waals surface area (Å²) in [6, 6.07) is 6.30. The number of aromatic amines is 1. The largest absolute Gasteiger partial charge is 0.486 e. The van der Waals surface area contributed by atoms with Gasteiger partial charge in [-0.3, -0.25) is 14.8 Å². The van der Waals surface area contributed by atoms with Crippen LogP contribution >= 0.6 is 0 Å². The molecule has 2 aromatic rings. The summed E-state index contributed by atoms with van der Waals surface area (Å²) in [5.74, 6) is 1.22. The first-order chi connectivity index (χ1) is 12.7. The number of ether oxygens (including phenoxy) is 2. The molecule has 3 N–H and O–H groups in total. The molecule has 1 saturated heterocycles. The molecular weight excluding hydrogens is 332 g/mol. The Labute approximate surface area is 152 Å². The van der Waals surface area contributed by atoms with Crippen LogP contribution in [0.25, 0.3) is 0 Å². The van der Waals surface area contributed by atoms with Gasteiger partial charge in [0.05, 0.1) is 23.5 Å². The van der Waals surface area contributed by atoms with Gasteiger partial charge in [0.2, 0.25) is 0 Å². The molecule has 3 heterocycles. The average molecular weight is 356 g/mol. The number of hydrogen-bond donors (Lipinski definition) is 2. The van der Waals surface area contributed by atoms with Gasteiger partial charge in [-0.25, -0.2) is 0 Å². The van der Waals surface area contributed by atoms with Crippen LogP contribution in [-0.4, -0.2) is 47.3 Å². The maximum atomic E-state index is 11.7. The summed E-state index contributed by atoms with van der Waals surface area (Å²) in [5, 5.41) is 7.03. The topological polar surface area (TPSA) is 93.5 Å². The zero-order valence-electron chi connectivity index (χ0n) is 14.7. The second-order valence-corrected chi connectivity index (χ2v) is 6.84.